The second-order valence-electron chi connectivity index (χ2n) is 12.1. The fraction of sp³-hybridized carbons (Fsp3) is 0.500. The van der Waals surface area contributed by atoms with E-state index in [1.54, 1.807) is 6.20 Å². The number of benzene rings is 1. The molecule has 2 aromatic heterocycles. The third kappa shape index (κ3) is 5.18. The van der Waals surface area contributed by atoms with E-state index in [-0.39, 0.29) is 11.9 Å². The number of ether oxygens (including phenoxy) is 1. The quantitative estimate of drug-likeness (QED) is 0.384. The lowest BCUT2D eigenvalue weighted by molar-refractivity contribution is -0.129. The normalized spacial score (nSPS) is 24.2. The monoisotopic (exact) mass is 568 g/mol. The SMILES string of the molecule is C=CC(=O)N1CCN(c2nc(OC[C@@H]3CCCN3C)nc3c2CN(C2CCc4ccccc42)C3)C[C@@H]1Cn1cccn1. The maximum atomic E-state index is 12.8. The number of hydrogen-bond donors (Lipinski definition) is 0. The summed E-state index contributed by atoms with van der Waals surface area (Å²) in [4.78, 5) is 32.1. The average Bonchev–Trinajstić information content (AvgIpc) is 3.82. The minimum Gasteiger partial charge on any atom is -0.462 e. The molecule has 3 aliphatic heterocycles. The number of piperazine rings is 1. The van der Waals surface area contributed by atoms with E-state index < -0.39 is 0 Å². The lowest BCUT2D eigenvalue weighted by Gasteiger charge is -2.42. The van der Waals surface area contributed by atoms with E-state index in [0.717, 1.165) is 50.4 Å². The van der Waals surface area contributed by atoms with Gasteiger partial charge in [0.25, 0.3) is 0 Å². The molecule has 1 unspecified atom stereocenters. The zero-order valence-corrected chi connectivity index (χ0v) is 24.4. The summed E-state index contributed by atoms with van der Waals surface area (Å²) >= 11 is 0. The van der Waals surface area contributed by atoms with Crippen LogP contribution in [0.2, 0.25) is 0 Å². The molecule has 10 heteroatoms. The number of likely N-dealkylation sites (N-methyl/N-ethyl adjacent to an activating group) is 1. The van der Waals surface area contributed by atoms with Crippen LogP contribution < -0.4 is 9.64 Å². The second-order valence-corrected chi connectivity index (χ2v) is 12.1. The maximum absolute atomic E-state index is 12.8. The number of anilines is 1. The van der Waals surface area contributed by atoms with Crippen molar-refractivity contribution in [2.75, 3.05) is 44.7 Å². The number of rotatable bonds is 8. The highest BCUT2D eigenvalue weighted by Crippen LogP contribution is 2.42. The molecule has 7 rings (SSSR count). The Hall–Kier alpha value is -3.76. The number of carbonyl (C=O) groups is 1. The van der Waals surface area contributed by atoms with E-state index in [9.17, 15) is 4.79 Å². The van der Waals surface area contributed by atoms with Gasteiger partial charge in [-0.05, 0) is 62.5 Å². The van der Waals surface area contributed by atoms with Crippen LogP contribution in [0.4, 0.5) is 5.82 Å². The van der Waals surface area contributed by atoms with Gasteiger partial charge in [0.15, 0.2) is 0 Å². The van der Waals surface area contributed by atoms with E-state index in [4.69, 9.17) is 14.7 Å². The predicted octanol–water partition coefficient (Wildman–Crippen LogP) is 3.05. The Labute approximate surface area is 247 Å². The van der Waals surface area contributed by atoms with Gasteiger partial charge in [-0.2, -0.15) is 15.1 Å². The molecule has 0 radical (unpaired) electrons. The number of likely N-dealkylation sites (tertiary alicyclic amines) is 1. The molecule has 4 aliphatic rings. The van der Waals surface area contributed by atoms with E-state index >= 15 is 0 Å². The summed E-state index contributed by atoms with van der Waals surface area (Å²) in [5, 5.41) is 4.42. The van der Waals surface area contributed by atoms with Gasteiger partial charge in [0.2, 0.25) is 5.91 Å². The van der Waals surface area contributed by atoms with E-state index in [1.807, 2.05) is 21.8 Å². The first-order chi connectivity index (χ1) is 20.6. The molecule has 10 nitrogen and oxygen atoms in total. The Bertz CT molecular complexity index is 1440. The van der Waals surface area contributed by atoms with Crippen LogP contribution in [-0.2, 0) is 30.8 Å². The summed E-state index contributed by atoms with van der Waals surface area (Å²) in [6.45, 7) is 9.60. The minimum atomic E-state index is -0.0644. The highest BCUT2D eigenvalue weighted by Gasteiger charge is 2.38. The van der Waals surface area contributed by atoms with Gasteiger partial charge in [-0.15, -0.1) is 0 Å². The molecule has 1 aromatic carbocycles. The largest absolute Gasteiger partial charge is 0.462 e. The first kappa shape index (κ1) is 27.1. The molecular formula is C32H40N8O2. The summed E-state index contributed by atoms with van der Waals surface area (Å²) in [5.41, 5.74) is 5.15. The molecule has 2 fully saturated rings. The summed E-state index contributed by atoms with van der Waals surface area (Å²) in [7, 11) is 2.16. The van der Waals surface area contributed by atoms with Crippen molar-refractivity contribution in [3.8, 4) is 6.01 Å². The van der Waals surface area contributed by atoms with Gasteiger partial charge in [-0.1, -0.05) is 30.8 Å². The second kappa shape index (κ2) is 11.5. The first-order valence-electron chi connectivity index (χ1n) is 15.3. The Morgan fingerprint density at radius 3 is 2.81 bits per heavy atom. The molecule has 3 aromatic rings. The molecule has 1 aliphatic carbocycles. The van der Waals surface area contributed by atoms with Crippen LogP contribution in [0.15, 0.2) is 55.4 Å². The molecule has 1 amide bonds. The molecule has 220 valence electrons. The smallest absolute Gasteiger partial charge is 0.318 e. The van der Waals surface area contributed by atoms with Gasteiger partial charge in [0, 0.05) is 62.8 Å². The number of aryl methyl sites for hydroxylation is 1. The van der Waals surface area contributed by atoms with Gasteiger partial charge in [-0.25, -0.2) is 0 Å². The number of nitrogens with zero attached hydrogens (tertiary/aromatic N) is 8. The molecule has 42 heavy (non-hydrogen) atoms. The summed E-state index contributed by atoms with van der Waals surface area (Å²) in [6.07, 6.45) is 9.71. The van der Waals surface area contributed by atoms with Crippen LogP contribution in [0.1, 0.15) is 47.7 Å². The van der Waals surface area contributed by atoms with Gasteiger partial charge < -0.3 is 19.4 Å². The lowest BCUT2D eigenvalue weighted by atomic mass is 10.1. The maximum Gasteiger partial charge on any atom is 0.318 e. The lowest BCUT2D eigenvalue weighted by Crippen LogP contribution is -2.56. The molecule has 3 atom stereocenters. The average molecular weight is 569 g/mol. The summed E-state index contributed by atoms with van der Waals surface area (Å²) in [5.74, 6) is 0.898. The van der Waals surface area contributed by atoms with Gasteiger partial charge >= 0.3 is 6.01 Å². The first-order valence-corrected chi connectivity index (χ1v) is 15.3. The minimum absolute atomic E-state index is 0.0458. The Morgan fingerprint density at radius 1 is 1.10 bits per heavy atom. The van der Waals surface area contributed by atoms with Crippen molar-refractivity contribution in [1.29, 1.82) is 0 Å². The number of carbonyl (C=O) groups excluding carboxylic acids is 1. The van der Waals surface area contributed by atoms with Crippen molar-refractivity contribution in [2.45, 2.75) is 63.4 Å². The van der Waals surface area contributed by atoms with Crippen molar-refractivity contribution in [3.05, 3.63) is 77.8 Å². The molecule has 5 heterocycles. The van der Waals surface area contributed by atoms with Crippen LogP contribution >= 0.6 is 0 Å². The Kier molecular flexibility index (Phi) is 7.41. The van der Waals surface area contributed by atoms with E-state index in [2.05, 4.69) is 57.7 Å². The van der Waals surface area contributed by atoms with Crippen LogP contribution in [-0.4, -0.2) is 92.3 Å². The zero-order valence-electron chi connectivity index (χ0n) is 24.4. The molecule has 0 bridgehead atoms. The number of fused-ring (bicyclic) bond motifs is 2. The number of aromatic nitrogens is 4. The molecule has 0 spiro atoms. The highest BCUT2D eigenvalue weighted by molar-refractivity contribution is 5.87. The van der Waals surface area contributed by atoms with Crippen molar-refractivity contribution in [3.63, 3.8) is 0 Å². The highest BCUT2D eigenvalue weighted by atomic mass is 16.5. The summed E-state index contributed by atoms with van der Waals surface area (Å²) in [6, 6.07) is 11.9. The molecule has 0 saturated carbocycles. The third-order valence-corrected chi connectivity index (χ3v) is 9.58. The van der Waals surface area contributed by atoms with Crippen molar-refractivity contribution in [2.24, 2.45) is 0 Å². The van der Waals surface area contributed by atoms with Crippen LogP contribution in [0, 0.1) is 0 Å². The van der Waals surface area contributed by atoms with Crippen LogP contribution in [0.5, 0.6) is 6.01 Å². The molecule has 2 saturated heterocycles. The Morgan fingerprint density at radius 2 is 2.00 bits per heavy atom. The predicted molar refractivity (Wildman–Crippen MR) is 160 cm³/mol. The fourth-order valence-corrected chi connectivity index (χ4v) is 7.30. The Balaban J connectivity index is 1.18. The van der Waals surface area contributed by atoms with E-state index in [1.165, 1.54) is 29.2 Å². The van der Waals surface area contributed by atoms with Crippen LogP contribution in [0.3, 0.4) is 0 Å². The molecular weight excluding hydrogens is 528 g/mol. The van der Waals surface area contributed by atoms with Crippen molar-refractivity contribution in [1.82, 2.24) is 34.4 Å². The van der Waals surface area contributed by atoms with Gasteiger partial charge in [0.1, 0.15) is 12.4 Å². The fourth-order valence-electron chi connectivity index (χ4n) is 7.30. The summed E-state index contributed by atoms with van der Waals surface area (Å²) < 4.78 is 8.22. The third-order valence-electron chi connectivity index (χ3n) is 9.58. The number of hydrogen-bond acceptors (Lipinski definition) is 8. The standard InChI is InChI=1S/C32H40N8O2/c1-3-30(41)40-17-16-37(18-25(40)19-39-15-7-13-33-39)31-27-20-38(29-12-11-23-8-4-5-10-26(23)29)21-28(27)34-32(35-31)42-22-24-9-6-14-36(24)2/h3-5,7-8,10,13,15,24-25,29H,1,6,9,11-12,14,16-22H2,2H3/t24-,25+,29?/m0/s1. The zero-order chi connectivity index (χ0) is 28.6. The van der Waals surface area contributed by atoms with Gasteiger partial charge in [-0.3, -0.25) is 14.4 Å². The van der Waals surface area contributed by atoms with Gasteiger partial charge in [0.05, 0.1) is 18.3 Å². The number of amides is 1. The van der Waals surface area contributed by atoms with Crippen LogP contribution in [0.25, 0.3) is 0 Å². The van der Waals surface area contributed by atoms with Crippen molar-refractivity contribution >= 4 is 11.7 Å². The molecule has 0 N–H and O–H groups in total. The van der Waals surface area contributed by atoms with Crippen molar-refractivity contribution < 1.29 is 9.53 Å². The topological polar surface area (TPSA) is 82.9 Å². The van der Waals surface area contributed by atoms with E-state index in [0.29, 0.717) is 50.9 Å².